The van der Waals surface area contributed by atoms with E-state index in [2.05, 4.69) is 40.3 Å². The fourth-order valence-corrected chi connectivity index (χ4v) is 3.00. The molecule has 3 aromatic rings. The smallest absolute Gasteiger partial charge is 0.291 e. The lowest BCUT2D eigenvalue weighted by molar-refractivity contribution is 0.0998. The lowest BCUT2D eigenvalue weighted by Crippen LogP contribution is -2.11. The molecule has 118 valence electrons. The maximum absolute atomic E-state index is 12.4. The van der Waals surface area contributed by atoms with Gasteiger partial charge < -0.3 is 9.73 Å². The van der Waals surface area contributed by atoms with E-state index in [9.17, 15) is 4.79 Å². The van der Waals surface area contributed by atoms with E-state index in [-0.39, 0.29) is 5.91 Å². The number of hydrogen-bond acceptors (Lipinski definition) is 2. The number of halogens is 1. The molecular weight excluding hydrogens is 354 g/mol. The summed E-state index contributed by atoms with van der Waals surface area (Å²) < 4.78 is 6.48. The van der Waals surface area contributed by atoms with Gasteiger partial charge in [-0.15, -0.1) is 0 Å². The zero-order valence-electron chi connectivity index (χ0n) is 12.9. The molecule has 2 aromatic carbocycles. The lowest BCUT2D eigenvalue weighted by Gasteiger charge is -2.08. The molecule has 1 amide bonds. The summed E-state index contributed by atoms with van der Waals surface area (Å²) in [5.74, 6) is 0.0661. The standard InChI is InChI=1S/C19H18BrNO2/c1-2-3-6-13-9-10-16(15(20)11-13)21-19(22)18-12-14-7-4-5-8-17(14)23-18/h4-5,7-12H,2-3,6H2,1H3,(H,21,22). The second-order valence-corrected chi connectivity index (χ2v) is 6.37. The fourth-order valence-electron chi connectivity index (χ4n) is 2.47. The number of para-hydroxylation sites is 1. The molecule has 1 heterocycles. The van der Waals surface area contributed by atoms with Crippen LogP contribution in [0.2, 0.25) is 0 Å². The molecule has 0 atom stereocenters. The summed E-state index contributed by atoms with van der Waals surface area (Å²) in [6.07, 6.45) is 3.38. The predicted octanol–water partition coefficient (Wildman–Crippen LogP) is 5.79. The number of aryl methyl sites for hydroxylation is 1. The third kappa shape index (κ3) is 3.64. The Kier molecular flexibility index (Phi) is 4.82. The molecule has 0 unspecified atom stereocenters. The van der Waals surface area contributed by atoms with Crippen LogP contribution >= 0.6 is 15.9 Å². The molecule has 3 rings (SSSR count). The van der Waals surface area contributed by atoms with Gasteiger partial charge in [0.15, 0.2) is 5.76 Å². The van der Waals surface area contributed by atoms with Crippen LogP contribution in [0.4, 0.5) is 5.69 Å². The molecule has 0 radical (unpaired) electrons. The van der Waals surface area contributed by atoms with Crippen molar-refractivity contribution in [2.75, 3.05) is 5.32 Å². The first kappa shape index (κ1) is 15.8. The van der Waals surface area contributed by atoms with Crippen molar-refractivity contribution in [2.24, 2.45) is 0 Å². The van der Waals surface area contributed by atoms with Crippen LogP contribution in [0.1, 0.15) is 35.9 Å². The van der Waals surface area contributed by atoms with Crippen molar-refractivity contribution in [2.45, 2.75) is 26.2 Å². The third-order valence-corrected chi connectivity index (χ3v) is 4.41. The Labute approximate surface area is 143 Å². The minimum Gasteiger partial charge on any atom is -0.451 e. The van der Waals surface area contributed by atoms with E-state index >= 15 is 0 Å². The van der Waals surface area contributed by atoms with Gasteiger partial charge in [-0.05, 0) is 58.6 Å². The number of benzene rings is 2. The number of rotatable bonds is 5. The SMILES string of the molecule is CCCCc1ccc(NC(=O)c2cc3ccccc3o2)c(Br)c1. The Hall–Kier alpha value is -2.07. The normalized spacial score (nSPS) is 10.9. The number of unbranched alkanes of at least 4 members (excludes halogenated alkanes) is 1. The van der Waals surface area contributed by atoms with E-state index in [4.69, 9.17) is 4.42 Å². The number of hydrogen-bond donors (Lipinski definition) is 1. The third-order valence-electron chi connectivity index (χ3n) is 3.75. The van der Waals surface area contributed by atoms with E-state index < -0.39 is 0 Å². The summed E-state index contributed by atoms with van der Waals surface area (Å²) in [7, 11) is 0. The van der Waals surface area contributed by atoms with Gasteiger partial charge in [0.2, 0.25) is 0 Å². The number of furan rings is 1. The van der Waals surface area contributed by atoms with Crippen LogP contribution in [0, 0.1) is 0 Å². The van der Waals surface area contributed by atoms with Crippen molar-refractivity contribution in [1.29, 1.82) is 0 Å². The number of fused-ring (bicyclic) bond motifs is 1. The molecule has 3 nitrogen and oxygen atoms in total. The second kappa shape index (κ2) is 7.01. The number of amides is 1. The first-order valence-electron chi connectivity index (χ1n) is 7.75. The molecule has 0 spiro atoms. The summed E-state index contributed by atoms with van der Waals surface area (Å²) >= 11 is 3.53. The Bertz CT molecular complexity index is 805. The molecule has 0 fully saturated rings. The van der Waals surface area contributed by atoms with Gasteiger partial charge in [0.25, 0.3) is 5.91 Å². The highest BCUT2D eigenvalue weighted by Crippen LogP contribution is 2.26. The summed E-state index contributed by atoms with van der Waals surface area (Å²) in [6.45, 7) is 2.18. The van der Waals surface area contributed by atoms with Gasteiger partial charge in [0, 0.05) is 9.86 Å². The topological polar surface area (TPSA) is 42.2 Å². The van der Waals surface area contributed by atoms with Crippen LogP contribution in [0.25, 0.3) is 11.0 Å². The largest absolute Gasteiger partial charge is 0.451 e. The van der Waals surface area contributed by atoms with Crippen LogP contribution in [0.15, 0.2) is 57.4 Å². The number of carbonyl (C=O) groups is 1. The maximum atomic E-state index is 12.4. The van der Waals surface area contributed by atoms with E-state index in [1.807, 2.05) is 30.3 Å². The lowest BCUT2D eigenvalue weighted by atomic mass is 10.1. The minimum absolute atomic E-state index is 0.247. The van der Waals surface area contributed by atoms with Crippen LogP contribution < -0.4 is 5.32 Å². The zero-order valence-corrected chi connectivity index (χ0v) is 14.5. The highest BCUT2D eigenvalue weighted by molar-refractivity contribution is 9.10. The predicted molar refractivity (Wildman–Crippen MR) is 96.9 cm³/mol. The van der Waals surface area contributed by atoms with Gasteiger partial charge in [0.05, 0.1) is 5.69 Å². The number of anilines is 1. The first-order chi connectivity index (χ1) is 11.2. The summed E-state index contributed by atoms with van der Waals surface area (Å²) in [5.41, 5.74) is 2.72. The number of nitrogens with one attached hydrogen (secondary N) is 1. The van der Waals surface area contributed by atoms with Gasteiger partial charge in [-0.2, -0.15) is 0 Å². The van der Waals surface area contributed by atoms with Gasteiger partial charge in [-0.3, -0.25) is 4.79 Å². The van der Waals surface area contributed by atoms with Gasteiger partial charge in [0.1, 0.15) is 5.58 Å². The average molecular weight is 372 g/mol. The summed E-state index contributed by atoms with van der Waals surface area (Å²) in [6, 6.07) is 15.4. The molecule has 0 aliphatic heterocycles. The van der Waals surface area contributed by atoms with Crippen LogP contribution in [0.3, 0.4) is 0 Å². The highest BCUT2D eigenvalue weighted by atomic mass is 79.9. The minimum atomic E-state index is -0.247. The molecule has 0 aliphatic rings. The molecule has 23 heavy (non-hydrogen) atoms. The molecule has 0 aliphatic carbocycles. The molecule has 0 bridgehead atoms. The number of carbonyl (C=O) groups excluding carboxylic acids is 1. The highest BCUT2D eigenvalue weighted by Gasteiger charge is 2.13. The maximum Gasteiger partial charge on any atom is 0.291 e. The van der Waals surface area contributed by atoms with E-state index in [1.54, 1.807) is 6.07 Å². The van der Waals surface area contributed by atoms with Crippen molar-refractivity contribution >= 4 is 38.5 Å². The monoisotopic (exact) mass is 371 g/mol. The Morgan fingerprint density at radius 1 is 1.17 bits per heavy atom. The van der Waals surface area contributed by atoms with Crippen molar-refractivity contribution < 1.29 is 9.21 Å². The van der Waals surface area contributed by atoms with Crippen molar-refractivity contribution in [3.05, 3.63) is 64.3 Å². The second-order valence-electron chi connectivity index (χ2n) is 5.52. The van der Waals surface area contributed by atoms with Crippen LogP contribution in [-0.4, -0.2) is 5.91 Å². The van der Waals surface area contributed by atoms with Crippen LogP contribution in [-0.2, 0) is 6.42 Å². The van der Waals surface area contributed by atoms with E-state index in [0.29, 0.717) is 11.3 Å². The Balaban J connectivity index is 1.76. The molecule has 4 heteroatoms. The zero-order chi connectivity index (χ0) is 16.2. The quantitative estimate of drug-likeness (QED) is 0.616. The molecule has 0 saturated heterocycles. The van der Waals surface area contributed by atoms with Crippen molar-refractivity contribution in [3.63, 3.8) is 0 Å². The molecule has 0 saturated carbocycles. The van der Waals surface area contributed by atoms with Gasteiger partial charge in [-0.25, -0.2) is 0 Å². The Morgan fingerprint density at radius 2 is 2.00 bits per heavy atom. The van der Waals surface area contributed by atoms with E-state index in [1.165, 1.54) is 12.0 Å². The summed E-state index contributed by atoms with van der Waals surface area (Å²) in [5, 5.41) is 3.81. The summed E-state index contributed by atoms with van der Waals surface area (Å²) in [4.78, 5) is 12.4. The van der Waals surface area contributed by atoms with Crippen molar-refractivity contribution in [1.82, 2.24) is 0 Å². The van der Waals surface area contributed by atoms with Crippen LogP contribution in [0.5, 0.6) is 0 Å². The molecule has 1 N–H and O–H groups in total. The van der Waals surface area contributed by atoms with Gasteiger partial charge >= 0.3 is 0 Å². The van der Waals surface area contributed by atoms with Crippen molar-refractivity contribution in [3.8, 4) is 0 Å². The molecular formula is C19H18BrNO2. The first-order valence-corrected chi connectivity index (χ1v) is 8.55. The fraction of sp³-hybridized carbons (Fsp3) is 0.211. The molecule has 1 aromatic heterocycles. The van der Waals surface area contributed by atoms with E-state index in [0.717, 1.165) is 28.4 Å². The Morgan fingerprint density at radius 3 is 2.74 bits per heavy atom. The average Bonchev–Trinajstić information content (AvgIpc) is 2.99. The van der Waals surface area contributed by atoms with Gasteiger partial charge in [-0.1, -0.05) is 37.6 Å².